The summed E-state index contributed by atoms with van der Waals surface area (Å²) in [6, 6.07) is 48.4. The zero-order valence-corrected chi connectivity index (χ0v) is 31.5. The van der Waals surface area contributed by atoms with Crippen LogP contribution >= 0.6 is 11.6 Å². The lowest BCUT2D eigenvalue weighted by Crippen LogP contribution is -2.39. The van der Waals surface area contributed by atoms with Crippen LogP contribution in [0, 0.1) is 0 Å². The molecule has 56 heavy (non-hydrogen) atoms. The first kappa shape index (κ1) is 38.2. The van der Waals surface area contributed by atoms with Crippen LogP contribution in [0.25, 0.3) is 22.5 Å². The van der Waals surface area contributed by atoms with Crippen LogP contribution in [-0.4, -0.2) is 45.7 Å². The third-order valence-corrected chi connectivity index (χ3v) is 10.7. The standard InChI is InChI=1S/C42H35ClF3N7O2S/c1-2-28-52(40-37(26-27-38(43)47-40)49-56(54,55)42(44,45)46)29-30-22-24-31(25-23-30)35-20-12-13-21-36(35)39-48-50-51-53(39)41(32-14-6-3-7-15-32,33-16-8-4-9-17-33)34-18-10-5-11-19-34/h3-27,49H,2,28-29H2,1H3. The van der Waals surface area contributed by atoms with Gasteiger partial charge in [-0.05, 0) is 62.4 Å². The van der Waals surface area contributed by atoms with E-state index in [0.717, 1.165) is 38.9 Å². The van der Waals surface area contributed by atoms with Gasteiger partial charge < -0.3 is 4.90 Å². The van der Waals surface area contributed by atoms with Crippen molar-refractivity contribution in [3.63, 3.8) is 0 Å². The van der Waals surface area contributed by atoms with E-state index in [1.165, 1.54) is 12.1 Å². The molecule has 1 N–H and O–H groups in total. The van der Waals surface area contributed by atoms with Crippen molar-refractivity contribution in [3.05, 3.63) is 179 Å². The molecule has 9 nitrogen and oxygen atoms in total. The summed E-state index contributed by atoms with van der Waals surface area (Å²) in [6.45, 7) is 2.45. The van der Waals surface area contributed by atoms with Crippen molar-refractivity contribution in [1.29, 1.82) is 0 Å². The number of rotatable bonds is 13. The van der Waals surface area contributed by atoms with Crippen LogP contribution in [0.3, 0.4) is 0 Å². The summed E-state index contributed by atoms with van der Waals surface area (Å²) in [4.78, 5) is 5.92. The van der Waals surface area contributed by atoms with Crippen molar-refractivity contribution in [2.24, 2.45) is 0 Å². The first-order chi connectivity index (χ1) is 27.0. The summed E-state index contributed by atoms with van der Waals surface area (Å²) in [5.74, 6) is 0.517. The molecule has 0 saturated heterocycles. The molecule has 14 heteroatoms. The number of alkyl halides is 3. The van der Waals surface area contributed by atoms with Crippen molar-refractivity contribution < 1.29 is 21.6 Å². The second-order valence-corrected chi connectivity index (χ2v) is 15.0. The van der Waals surface area contributed by atoms with E-state index in [0.29, 0.717) is 18.8 Å². The fourth-order valence-corrected chi connectivity index (χ4v) is 7.61. The highest BCUT2D eigenvalue weighted by Crippen LogP contribution is 2.43. The molecule has 0 spiro atoms. The molecule has 284 valence electrons. The van der Waals surface area contributed by atoms with E-state index in [4.69, 9.17) is 16.8 Å². The summed E-state index contributed by atoms with van der Waals surface area (Å²) in [5.41, 5.74) is -0.587. The summed E-state index contributed by atoms with van der Waals surface area (Å²) >= 11 is 6.16. The molecule has 2 aromatic heterocycles. The van der Waals surface area contributed by atoms with Crippen LogP contribution in [0.5, 0.6) is 0 Å². The molecule has 0 fully saturated rings. The molecule has 0 amide bonds. The van der Waals surface area contributed by atoms with Gasteiger partial charge in [-0.25, -0.2) is 9.67 Å². The van der Waals surface area contributed by atoms with E-state index >= 15 is 0 Å². The molecule has 0 saturated carbocycles. The zero-order valence-electron chi connectivity index (χ0n) is 30.0. The molecule has 0 aliphatic carbocycles. The molecule has 0 radical (unpaired) electrons. The third-order valence-electron chi connectivity index (χ3n) is 9.35. The smallest absolute Gasteiger partial charge is 0.351 e. The molecule has 5 aromatic carbocycles. The van der Waals surface area contributed by atoms with Gasteiger partial charge >= 0.3 is 15.5 Å². The molecule has 7 rings (SSSR count). The van der Waals surface area contributed by atoms with Crippen molar-refractivity contribution >= 4 is 33.1 Å². The Kier molecular flexibility index (Phi) is 10.9. The Morgan fingerprint density at radius 1 is 0.714 bits per heavy atom. The SMILES string of the molecule is CCCN(Cc1ccc(-c2ccccc2-c2nnnn2C(c2ccccc2)(c2ccccc2)c2ccccc2)cc1)c1nc(Cl)ccc1NS(=O)(=O)C(F)(F)F. The number of halogens is 4. The fraction of sp³-hybridized carbons (Fsp3) is 0.143. The topological polar surface area (TPSA) is 106 Å². The molecule has 0 aliphatic heterocycles. The van der Waals surface area contributed by atoms with E-state index in [9.17, 15) is 21.6 Å². The minimum atomic E-state index is -5.70. The maximum absolute atomic E-state index is 13.3. The Morgan fingerprint density at radius 3 is 1.79 bits per heavy atom. The normalized spacial score (nSPS) is 12.0. The minimum absolute atomic E-state index is 0.00108. The summed E-state index contributed by atoms with van der Waals surface area (Å²) < 4.78 is 67.6. The van der Waals surface area contributed by atoms with Crippen LogP contribution in [0.15, 0.2) is 152 Å². The number of nitrogens with zero attached hydrogens (tertiary/aromatic N) is 6. The van der Waals surface area contributed by atoms with Gasteiger partial charge in [-0.15, -0.1) is 5.10 Å². The number of anilines is 2. The van der Waals surface area contributed by atoms with Crippen LogP contribution < -0.4 is 9.62 Å². The van der Waals surface area contributed by atoms with Crippen molar-refractivity contribution in [2.45, 2.75) is 30.9 Å². The molecule has 2 heterocycles. The molecular weight excluding hydrogens is 759 g/mol. The van der Waals surface area contributed by atoms with Crippen LogP contribution in [0.1, 0.15) is 35.6 Å². The zero-order chi connectivity index (χ0) is 39.3. The highest BCUT2D eigenvalue weighted by molar-refractivity contribution is 7.93. The molecular formula is C42H35ClF3N7O2S. The first-order valence-corrected chi connectivity index (χ1v) is 19.5. The lowest BCUT2D eigenvalue weighted by molar-refractivity contribution is -0.0429. The Morgan fingerprint density at radius 2 is 1.25 bits per heavy atom. The number of hydrogen-bond donors (Lipinski definition) is 1. The van der Waals surface area contributed by atoms with Gasteiger partial charge in [0.2, 0.25) is 0 Å². The number of nitrogens with one attached hydrogen (secondary N) is 1. The number of benzene rings is 5. The van der Waals surface area contributed by atoms with E-state index in [2.05, 4.69) is 51.7 Å². The van der Waals surface area contributed by atoms with Gasteiger partial charge in [0, 0.05) is 18.7 Å². The average Bonchev–Trinajstić information content (AvgIpc) is 3.70. The Hall–Kier alpha value is -6.05. The maximum Gasteiger partial charge on any atom is 0.516 e. The minimum Gasteiger partial charge on any atom is -0.351 e. The number of sulfonamides is 1. The monoisotopic (exact) mass is 793 g/mol. The third kappa shape index (κ3) is 7.47. The molecule has 0 atom stereocenters. The average molecular weight is 794 g/mol. The lowest BCUT2D eigenvalue weighted by Gasteiger charge is -2.36. The van der Waals surface area contributed by atoms with Crippen LogP contribution in [0.4, 0.5) is 24.7 Å². The van der Waals surface area contributed by atoms with Gasteiger partial charge in [0.15, 0.2) is 11.6 Å². The second kappa shape index (κ2) is 16.0. The number of aromatic nitrogens is 5. The molecule has 0 bridgehead atoms. The van der Waals surface area contributed by atoms with Crippen molar-refractivity contribution in [1.82, 2.24) is 25.2 Å². The second-order valence-electron chi connectivity index (χ2n) is 12.9. The van der Waals surface area contributed by atoms with Gasteiger partial charge in [-0.1, -0.05) is 158 Å². The number of hydrogen-bond acceptors (Lipinski definition) is 7. The van der Waals surface area contributed by atoms with Gasteiger partial charge in [0.25, 0.3) is 0 Å². The Balaban J connectivity index is 1.28. The van der Waals surface area contributed by atoms with Crippen LogP contribution in [-0.2, 0) is 22.1 Å². The maximum atomic E-state index is 13.3. The van der Waals surface area contributed by atoms with E-state index in [1.807, 2.05) is 115 Å². The Labute approximate surface area is 327 Å². The summed E-state index contributed by atoms with van der Waals surface area (Å²) in [7, 11) is -5.70. The predicted molar refractivity (Wildman–Crippen MR) is 212 cm³/mol. The van der Waals surface area contributed by atoms with Gasteiger partial charge in [-0.2, -0.15) is 21.6 Å². The van der Waals surface area contributed by atoms with Gasteiger partial charge in [0.05, 0.1) is 5.69 Å². The fourth-order valence-electron chi connectivity index (χ4n) is 6.90. The lowest BCUT2D eigenvalue weighted by atomic mass is 9.77. The van der Waals surface area contributed by atoms with E-state index < -0.39 is 21.1 Å². The summed E-state index contributed by atoms with van der Waals surface area (Å²) in [6.07, 6.45) is 0.594. The van der Waals surface area contributed by atoms with Crippen LogP contribution in [0.2, 0.25) is 5.15 Å². The molecule has 0 aliphatic rings. The predicted octanol–water partition coefficient (Wildman–Crippen LogP) is 9.57. The van der Waals surface area contributed by atoms with Gasteiger partial charge in [-0.3, -0.25) is 4.72 Å². The highest BCUT2D eigenvalue weighted by atomic mass is 35.5. The van der Waals surface area contributed by atoms with E-state index in [1.54, 1.807) is 9.62 Å². The van der Waals surface area contributed by atoms with Gasteiger partial charge in [0.1, 0.15) is 10.7 Å². The Bertz CT molecular complexity index is 2430. The molecule has 0 unspecified atom stereocenters. The highest BCUT2D eigenvalue weighted by Gasteiger charge is 2.46. The van der Waals surface area contributed by atoms with Crippen molar-refractivity contribution in [2.75, 3.05) is 16.2 Å². The molecule has 7 aromatic rings. The number of pyridine rings is 1. The number of tetrazole rings is 1. The van der Waals surface area contributed by atoms with Crippen molar-refractivity contribution in [3.8, 4) is 22.5 Å². The quantitative estimate of drug-likeness (QED) is 0.0916. The summed E-state index contributed by atoms with van der Waals surface area (Å²) in [5, 5.41) is 13.6. The first-order valence-electron chi connectivity index (χ1n) is 17.7. The largest absolute Gasteiger partial charge is 0.516 e. The van der Waals surface area contributed by atoms with E-state index in [-0.39, 0.29) is 23.2 Å².